The molecule has 398 valence electrons. The molecular formula is C62H114O6. The van der Waals surface area contributed by atoms with Crippen LogP contribution in [-0.4, -0.2) is 37.2 Å². The van der Waals surface area contributed by atoms with Gasteiger partial charge < -0.3 is 14.2 Å². The van der Waals surface area contributed by atoms with Crippen molar-refractivity contribution in [3.8, 4) is 0 Å². The van der Waals surface area contributed by atoms with Crippen LogP contribution >= 0.6 is 0 Å². The first kappa shape index (κ1) is 65.6. The summed E-state index contributed by atoms with van der Waals surface area (Å²) in [5, 5.41) is 0. The molecule has 0 aliphatic carbocycles. The topological polar surface area (TPSA) is 78.9 Å². The lowest BCUT2D eigenvalue weighted by Gasteiger charge is -2.18. The maximum Gasteiger partial charge on any atom is 0.306 e. The summed E-state index contributed by atoms with van der Waals surface area (Å²) in [5.74, 6) is -0.858. The van der Waals surface area contributed by atoms with Crippen molar-refractivity contribution in [3.05, 3.63) is 36.5 Å². The lowest BCUT2D eigenvalue weighted by atomic mass is 10.0. The van der Waals surface area contributed by atoms with Crippen LogP contribution in [0.1, 0.15) is 323 Å². The Morgan fingerprint density at radius 1 is 0.294 bits per heavy atom. The zero-order valence-electron chi connectivity index (χ0n) is 45.6. The summed E-state index contributed by atoms with van der Waals surface area (Å²) in [6.45, 7) is 6.65. The molecule has 0 aromatic heterocycles. The lowest BCUT2D eigenvalue weighted by molar-refractivity contribution is -0.167. The highest BCUT2D eigenvalue weighted by Gasteiger charge is 2.19. The van der Waals surface area contributed by atoms with Gasteiger partial charge in [0.2, 0.25) is 0 Å². The fourth-order valence-electron chi connectivity index (χ4n) is 8.82. The first-order valence-electron chi connectivity index (χ1n) is 30.0. The van der Waals surface area contributed by atoms with Gasteiger partial charge in [0.15, 0.2) is 6.10 Å². The van der Waals surface area contributed by atoms with Gasteiger partial charge >= 0.3 is 17.9 Å². The first-order chi connectivity index (χ1) is 33.5. The summed E-state index contributed by atoms with van der Waals surface area (Å²) in [6.07, 6.45) is 68.5. The zero-order valence-corrected chi connectivity index (χ0v) is 45.6. The highest BCUT2D eigenvalue weighted by Crippen LogP contribution is 2.16. The fraction of sp³-hybridized carbons (Fsp3) is 0.855. The van der Waals surface area contributed by atoms with E-state index in [1.807, 2.05) is 0 Å². The minimum atomic E-state index is -0.772. The molecule has 0 spiro atoms. The second-order valence-electron chi connectivity index (χ2n) is 20.3. The largest absolute Gasteiger partial charge is 0.462 e. The predicted octanol–water partition coefficient (Wildman–Crippen LogP) is 20.0. The van der Waals surface area contributed by atoms with Gasteiger partial charge in [0.25, 0.3) is 0 Å². The molecule has 68 heavy (non-hydrogen) atoms. The van der Waals surface area contributed by atoms with Crippen LogP contribution in [0.3, 0.4) is 0 Å². The summed E-state index contributed by atoms with van der Waals surface area (Å²) in [7, 11) is 0. The van der Waals surface area contributed by atoms with Gasteiger partial charge in [-0.15, -0.1) is 0 Å². The van der Waals surface area contributed by atoms with Crippen LogP contribution < -0.4 is 0 Å². The number of allylic oxidation sites excluding steroid dienone is 6. The predicted molar refractivity (Wildman–Crippen MR) is 293 cm³/mol. The molecule has 0 unspecified atom stereocenters. The number of rotatable bonds is 55. The third-order valence-electron chi connectivity index (χ3n) is 13.4. The van der Waals surface area contributed by atoms with Crippen LogP contribution in [0.5, 0.6) is 0 Å². The number of esters is 3. The lowest BCUT2D eigenvalue weighted by Crippen LogP contribution is -2.30. The Morgan fingerprint density at radius 2 is 0.529 bits per heavy atom. The van der Waals surface area contributed by atoms with E-state index >= 15 is 0 Å². The number of carbonyl (C=O) groups is 3. The number of ether oxygens (including phenoxy) is 3. The van der Waals surface area contributed by atoms with Crippen molar-refractivity contribution in [1.82, 2.24) is 0 Å². The van der Waals surface area contributed by atoms with Crippen molar-refractivity contribution in [3.63, 3.8) is 0 Å². The third kappa shape index (κ3) is 54.6. The van der Waals surface area contributed by atoms with Gasteiger partial charge in [-0.1, -0.05) is 263 Å². The molecule has 0 saturated heterocycles. The second kappa shape index (κ2) is 57.2. The number of unbranched alkanes of at least 4 members (excludes halogenated alkanes) is 38. The van der Waals surface area contributed by atoms with Crippen molar-refractivity contribution >= 4 is 17.9 Å². The van der Waals surface area contributed by atoms with E-state index in [4.69, 9.17) is 14.2 Å². The zero-order chi connectivity index (χ0) is 49.3. The molecule has 0 fully saturated rings. The van der Waals surface area contributed by atoms with Crippen molar-refractivity contribution in [2.24, 2.45) is 0 Å². The van der Waals surface area contributed by atoms with E-state index in [2.05, 4.69) is 57.2 Å². The van der Waals surface area contributed by atoms with Crippen molar-refractivity contribution < 1.29 is 28.6 Å². The molecule has 0 rings (SSSR count). The van der Waals surface area contributed by atoms with E-state index in [-0.39, 0.29) is 31.1 Å². The van der Waals surface area contributed by atoms with Crippen LogP contribution in [0, 0.1) is 0 Å². The van der Waals surface area contributed by atoms with Crippen molar-refractivity contribution in [1.29, 1.82) is 0 Å². The van der Waals surface area contributed by atoms with Gasteiger partial charge in [-0.05, 0) is 77.0 Å². The molecule has 1 atom stereocenters. The van der Waals surface area contributed by atoms with Gasteiger partial charge in [0.1, 0.15) is 13.2 Å². The first-order valence-corrected chi connectivity index (χ1v) is 30.0. The van der Waals surface area contributed by atoms with Gasteiger partial charge in [0, 0.05) is 19.3 Å². The van der Waals surface area contributed by atoms with Gasteiger partial charge in [-0.25, -0.2) is 0 Å². The third-order valence-corrected chi connectivity index (χ3v) is 13.4. The molecule has 0 aromatic rings. The van der Waals surface area contributed by atoms with E-state index in [0.717, 1.165) is 64.2 Å². The summed E-state index contributed by atoms with van der Waals surface area (Å²) >= 11 is 0. The SMILES string of the molecule is CCCCC/C=C\C/C=C\CCCCCCCCCCCC(=O)O[C@H](COC(=O)CCCCCCCCCCC/C=C\CCCCCCCC)COC(=O)CCCCCCCCCCCCCC. The molecule has 0 aromatic carbocycles. The normalized spacial score (nSPS) is 12.2. The number of hydrogen-bond donors (Lipinski definition) is 0. The van der Waals surface area contributed by atoms with E-state index in [0.29, 0.717) is 19.3 Å². The monoisotopic (exact) mass is 955 g/mol. The Kier molecular flexibility index (Phi) is 55.2. The molecule has 0 amide bonds. The van der Waals surface area contributed by atoms with E-state index < -0.39 is 6.10 Å². The van der Waals surface area contributed by atoms with Gasteiger partial charge in [-0.3, -0.25) is 14.4 Å². The van der Waals surface area contributed by atoms with E-state index in [1.54, 1.807) is 0 Å². The number of hydrogen-bond acceptors (Lipinski definition) is 6. The van der Waals surface area contributed by atoms with Crippen LogP contribution in [0.25, 0.3) is 0 Å². The fourth-order valence-corrected chi connectivity index (χ4v) is 8.82. The van der Waals surface area contributed by atoms with Crippen LogP contribution in [-0.2, 0) is 28.6 Å². The molecule has 6 nitrogen and oxygen atoms in total. The summed E-state index contributed by atoms with van der Waals surface area (Å²) in [6, 6.07) is 0. The highest BCUT2D eigenvalue weighted by atomic mass is 16.6. The average molecular weight is 956 g/mol. The van der Waals surface area contributed by atoms with E-state index in [1.165, 1.54) is 218 Å². The molecular weight excluding hydrogens is 841 g/mol. The van der Waals surface area contributed by atoms with Crippen LogP contribution in [0.4, 0.5) is 0 Å². The van der Waals surface area contributed by atoms with Crippen molar-refractivity contribution in [2.45, 2.75) is 329 Å². The molecule has 0 bridgehead atoms. The Labute approximate surface area is 423 Å². The Morgan fingerprint density at radius 3 is 0.853 bits per heavy atom. The summed E-state index contributed by atoms with van der Waals surface area (Å²) < 4.78 is 16.9. The Bertz CT molecular complexity index is 1140. The van der Waals surface area contributed by atoms with Gasteiger partial charge in [0.05, 0.1) is 0 Å². The smallest absolute Gasteiger partial charge is 0.306 e. The maximum atomic E-state index is 12.9. The van der Waals surface area contributed by atoms with Crippen LogP contribution in [0.2, 0.25) is 0 Å². The minimum absolute atomic E-state index is 0.0705. The minimum Gasteiger partial charge on any atom is -0.462 e. The molecule has 0 heterocycles. The Balaban J connectivity index is 4.31. The van der Waals surface area contributed by atoms with Crippen molar-refractivity contribution in [2.75, 3.05) is 13.2 Å². The maximum absolute atomic E-state index is 12.9. The molecule has 0 saturated carbocycles. The summed E-state index contributed by atoms with van der Waals surface area (Å²) in [4.78, 5) is 38.2. The van der Waals surface area contributed by atoms with Gasteiger partial charge in [-0.2, -0.15) is 0 Å². The van der Waals surface area contributed by atoms with Crippen LogP contribution in [0.15, 0.2) is 36.5 Å². The summed E-state index contributed by atoms with van der Waals surface area (Å²) in [5.41, 5.74) is 0. The molecule has 6 heteroatoms. The second-order valence-corrected chi connectivity index (χ2v) is 20.3. The quantitative estimate of drug-likeness (QED) is 0.0262. The average Bonchev–Trinajstić information content (AvgIpc) is 3.34. The molecule has 0 N–H and O–H groups in total. The standard InChI is InChI=1S/C62H114O6/c1-4-7-10-13-16-19-22-25-27-29-31-33-35-37-40-43-46-49-52-55-61(64)67-58-59(57-66-60(63)54-51-48-45-42-39-24-21-18-15-12-9-6-3)68-62(65)56-53-50-47-44-41-38-36-34-32-30-28-26-23-20-17-14-11-8-5-2/h17,20,25-28,59H,4-16,18-19,21-24,29-58H2,1-3H3/b20-17-,27-25-,28-26-/t59-/m0/s1. The molecule has 0 radical (unpaired) electrons. The Hall–Kier alpha value is -2.37. The number of carbonyl (C=O) groups excluding carboxylic acids is 3. The van der Waals surface area contributed by atoms with E-state index in [9.17, 15) is 14.4 Å². The highest BCUT2D eigenvalue weighted by molar-refractivity contribution is 5.71. The molecule has 0 aliphatic rings. The molecule has 0 aliphatic heterocycles.